The van der Waals surface area contributed by atoms with Crippen molar-refractivity contribution in [3.63, 3.8) is 0 Å². The summed E-state index contributed by atoms with van der Waals surface area (Å²) in [5, 5.41) is 19.6. The zero-order valence-corrected chi connectivity index (χ0v) is 16.1. The minimum absolute atomic E-state index is 0.103. The molecule has 0 fully saturated rings. The molecular formula is C20H21NO6S. The van der Waals surface area contributed by atoms with Gasteiger partial charge in [-0.05, 0) is 48.7 Å². The number of benzene rings is 2. The molecule has 0 aromatic heterocycles. The number of rotatable bonds is 8. The van der Waals surface area contributed by atoms with Crippen molar-refractivity contribution >= 4 is 22.1 Å². The summed E-state index contributed by atoms with van der Waals surface area (Å²) in [5.74, 6) is -1.28. The van der Waals surface area contributed by atoms with Gasteiger partial charge in [-0.1, -0.05) is 37.4 Å². The van der Waals surface area contributed by atoms with Crippen molar-refractivity contribution < 1.29 is 27.7 Å². The third-order valence-electron chi connectivity index (χ3n) is 3.83. The number of phenols is 2. The van der Waals surface area contributed by atoms with E-state index in [0.29, 0.717) is 10.6 Å². The molecule has 2 N–H and O–H groups in total. The second kappa shape index (κ2) is 8.73. The molecule has 7 nitrogen and oxygen atoms in total. The molecular weight excluding hydrogens is 382 g/mol. The molecule has 0 spiro atoms. The molecule has 0 saturated heterocycles. The molecule has 28 heavy (non-hydrogen) atoms. The Labute approximate surface area is 163 Å². The van der Waals surface area contributed by atoms with Crippen LogP contribution in [0.15, 0.2) is 66.1 Å². The van der Waals surface area contributed by atoms with Gasteiger partial charge in [0.25, 0.3) is 5.91 Å². The van der Waals surface area contributed by atoms with E-state index in [4.69, 9.17) is 4.28 Å². The predicted octanol–water partition coefficient (Wildman–Crippen LogP) is 3.01. The molecule has 0 aliphatic rings. The van der Waals surface area contributed by atoms with E-state index in [1.807, 2.05) is 0 Å². The van der Waals surface area contributed by atoms with Gasteiger partial charge in [0.15, 0.2) is 11.5 Å². The van der Waals surface area contributed by atoms with E-state index < -0.39 is 16.0 Å². The highest BCUT2D eigenvalue weighted by Crippen LogP contribution is 2.25. The molecule has 0 aliphatic heterocycles. The minimum atomic E-state index is -4.24. The lowest BCUT2D eigenvalue weighted by molar-refractivity contribution is -0.151. The Morgan fingerprint density at radius 1 is 1.14 bits per heavy atom. The standard InChI is InChI=1S/C20H21NO6S/c1-4-15-5-8-17(9-6-15)28(25,26)27-21(20(24)14(2)3)12-11-16-7-10-18(22)19(23)13-16/h4-10,13,22-23H,1-2,11-12H2,3H3. The molecule has 0 unspecified atom stereocenters. The van der Waals surface area contributed by atoms with E-state index in [0.717, 1.165) is 5.56 Å². The summed E-state index contributed by atoms with van der Waals surface area (Å²) in [4.78, 5) is 12.2. The van der Waals surface area contributed by atoms with Gasteiger partial charge in [-0.3, -0.25) is 4.79 Å². The van der Waals surface area contributed by atoms with Crippen molar-refractivity contribution in [1.82, 2.24) is 5.06 Å². The third-order valence-corrected chi connectivity index (χ3v) is 5.05. The highest BCUT2D eigenvalue weighted by Gasteiger charge is 2.25. The second-order valence-electron chi connectivity index (χ2n) is 6.06. The van der Waals surface area contributed by atoms with Crippen molar-refractivity contribution in [3.8, 4) is 11.5 Å². The number of carbonyl (C=O) groups excluding carboxylic acids is 1. The first-order chi connectivity index (χ1) is 13.1. The fourth-order valence-electron chi connectivity index (χ4n) is 2.27. The molecule has 0 atom stereocenters. The Morgan fingerprint density at radius 3 is 2.32 bits per heavy atom. The normalized spacial score (nSPS) is 11.0. The predicted molar refractivity (Wildman–Crippen MR) is 105 cm³/mol. The summed E-state index contributed by atoms with van der Waals surface area (Å²) in [6.45, 7) is 8.46. The quantitative estimate of drug-likeness (QED) is 0.399. The fourth-order valence-corrected chi connectivity index (χ4v) is 3.21. The van der Waals surface area contributed by atoms with E-state index in [-0.39, 0.29) is 34.9 Å². The van der Waals surface area contributed by atoms with Crippen molar-refractivity contribution in [2.45, 2.75) is 18.2 Å². The third kappa shape index (κ3) is 5.21. The molecule has 1 amide bonds. The first-order valence-electron chi connectivity index (χ1n) is 8.29. The van der Waals surface area contributed by atoms with Gasteiger partial charge < -0.3 is 10.2 Å². The van der Waals surface area contributed by atoms with E-state index >= 15 is 0 Å². The summed E-state index contributed by atoms with van der Waals surface area (Å²) < 4.78 is 30.1. The van der Waals surface area contributed by atoms with Gasteiger partial charge in [0.1, 0.15) is 0 Å². The van der Waals surface area contributed by atoms with Crippen LogP contribution < -0.4 is 0 Å². The summed E-state index contributed by atoms with van der Waals surface area (Å²) >= 11 is 0. The number of nitrogens with zero attached hydrogens (tertiary/aromatic N) is 1. The van der Waals surface area contributed by atoms with Crippen LogP contribution in [0.1, 0.15) is 18.1 Å². The molecule has 2 rings (SSSR count). The van der Waals surface area contributed by atoms with Crippen LogP contribution in [0.25, 0.3) is 6.08 Å². The Bertz CT molecular complexity index is 996. The van der Waals surface area contributed by atoms with Gasteiger partial charge >= 0.3 is 10.1 Å². The zero-order chi connectivity index (χ0) is 20.9. The smallest absolute Gasteiger partial charge is 0.317 e. The van der Waals surface area contributed by atoms with Crippen LogP contribution in [0.2, 0.25) is 0 Å². The topological polar surface area (TPSA) is 104 Å². The maximum absolute atomic E-state index is 12.5. The van der Waals surface area contributed by atoms with Gasteiger partial charge in [0.2, 0.25) is 0 Å². The van der Waals surface area contributed by atoms with E-state index in [1.54, 1.807) is 24.3 Å². The van der Waals surface area contributed by atoms with Crippen molar-refractivity contribution in [2.24, 2.45) is 0 Å². The molecule has 0 aliphatic carbocycles. The zero-order valence-electron chi connectivity index (χ0n) is 15.3. The molecule has 0 radical (unpaired) electrons. The van der Waals surface area contributed by atoms with Crippen LogP contribution in [0.3, 0.4) is 0 Å². The number of amides is 1. The van der Waals surface area contributed by atoms with Crippen LogP contribution in [0.4, 0.5) is 0 Å². The molecule has 148 valence electrons. The van der Waals surface area contributed by atoms with Gasteiger partial charge in [0, 0.05) is 5.57 Å². The molecule has 0 bridgehead atoms. The molecule has 0 heterocycles. The molecule has 2 aromatic carbocycles. The van der Waals surface area contributed by atoms with E-state index in [2.05, 4.69) is 13.2 Å². The lowest BCUT2D eigenvalue weighted by Crippen LogP contribution is -2.35. The monoisotopic (exact) mass is 403 g/mol. The number of aromatic hydroxyl groups is 2. The number of hydrogen-bond acceptors (Lipinski definition) is 6. The van der Waals surface area contributed by atoms with Crippen molar-refractivity contribution in [1.29, 1.82) is 0 Å². The van der Waals surface area contributed by atoms with Crippen LogP contribution in [-0.4, -0.2) is 36.1 Å². The lowest BCUT2D eigenvalue weighted by atomic mass is 10.1. The van der Waals surface area contributed by atoms with Crippen LogP contribution in [-0.2, 0) is 25.6 Å². The van der Waals surface area contributed by atoms with E-state index in [9.17, 15) is 23.4 Å². The van der Waals surface area contributed by atoms with Gasteiger partial charge in [-0.25, -0.2) is 0 Å². The fraction of sp³-hybridized carbons (Fsp3) is 0.150. The Hall–Kier alpha value is -3.10. The average Bonchev–Trinajstić information content (AvgIpc) is 2.67. The Balaban J connectivity index is 2.21. The van der Waals surface area contributed by atoms with Crippen molar-refractivity contribution in [3.05, 3.63) is 72.3 Å². The maximum Gasteiger partial charge on any atom is 0.317 e. The van der Waals surface area contributed by atoms with Crippen LogP contribution in [0, 0.1) is 0 Å². The summed E-state index contributed by atoms with van der Waals surface area (Å²) in [6.07, 6.45) is 1.75. The number of hydroxylamine groups is 2. The Kier molecular flexibility index (Phi) is 6.61. The van der Waals surface area contributed by atoms with Gasteiger partial charge in [-0.15, -0.1) is 4.28 Å². The van der Waals surface area contributed by atoms with Gasteiger partial charge in [-0.2, -0.15) is 13.5 Å². The first kappa shape index (κ1) is 21.2. The lowest BCUT2D eigenvalue weighted by Gasteiger charge is -2.21. The largest absolute Gasteiger partial charge is 0.504 e. The summed E-state index contributed by atoms with van der Waals surface area (Å²) in [7, 11) is -4.24. The second-order valence-corrected chi connectivity index (χ2v) is 7.59. The minimum Gasteiger partial charge on any atom is -0.504 e. The van der Waals surface area contributed by atoms with E-state index in [1.165, 1.54) is 31.2 Å². The first-order valence-corrected chi connectivity index (χ1v) is 9.70. The number of phenolic OH excluding ortho intramolecular Hbond substituents is 2. The van der Waals surface area contributed by atoms with Crippen LogP contribution in [0.5, 0.6) is 11.5 Å². The molecule has 8 heteroatoms. The summed E-state index contributed by atoms with van der Waals surface area (Å²) in [5.41, 5.74) is 1.41. The van der Waals surface area contributed by atoms with Crippen molar-refractivity contribution in [2.75, 3.05) is 6.54 Å². The molecule has 0 saturated carbocycles. The average molecular weight is 403 g/mol. The highest BCUT2D eigenvalue weighted by atomic mass is 32.2. The maximum atomic E-state index is 12.5. The van der Waals surface area contributed by atoms with Crippen LogP contribution >= 0.6 is 0 Å². The SMILES string of the molecule is C=Cc1ccc(S(=O)(=O)ON(CCc2ccc(O)c(O)c2)C(=O)C(=C)C)cc1. The van der Waals surface area contributed by atoms with Gasteiger partial charge in [0.05, 0.1) is 11.4 Å². The summed E-state index contributed by atoms with van der Waals surface area (Å²) in [6, 6.07) is 10.00. The molecule has 2 aromatic rings. The number of carbonyl (C=O) groups is 1. The highest BCUT2D eigenvalue weighted by molar-refractivity contribution is 7.86. The number of hydrogen-bond donors (Lipinski definition) is 2. The Morgan fingerprint density at radius 2 is 1.79 bits per heavy atom.